The Bertz CT molecular complexity index is 336. The van der Waals surface area contributed by atoms with Crippen LogP contribution in [-0.4, -0.2) is 24.0 Å². The van der Waals surface area contributed by atoms with Gasteiger partial charge in [-0.15, -0.1) is 0 Å². The third kappa shape index (κ3) is 1.85. The molecule has 2 fully saturated rings. The second kappa shape index (κ2) is 4.15. The molecule has 0 radical (unpaired) electrons. The summed E-state index contributed by atoms with van der Waals surface area (Å²) in [6.45, 7) is 1.53. The zero-order valence-electron chi connectivity index (χ0n) is 9.39. The molecule has 3 heteroatoms. The molecule has 1 aliphatic carbocycles. The summed E-state index contributed by atoms with van der Waals surface area (Å²) in [6.07, 6.45) is 8.12. The van der Waals surface area contributed by atoms with Gasteiger partial charge in [-0.3, -0.25) is 4.98 Å². The van der Waals surface area contributed by atoms with Crippen LogP contribution in [0.3, 0.4) is 0 Å². The summed E-state index contributed by atoms with van der Waals surface area (Å²) in [6, 6.07) is 4.25. The monoisotopic (exact) mass is 219 g/mol. The van der Waals surface area contributed by atoms with Crippen LogP contribution in [0.4, 0.5) is 0 Å². The first-order valence-electron chi connectivity index (χ1n) is 6.06. The molecule has 1 saturated heterocycles. The molecule has 0 bridgehead atoms. The normalized spacial score (nSPS) is 25.0. The van der Waals surface area contributed by atoms with E-state index in [1.54, 1.807) is 0 Å². The molecule has 1 spiro atoms. The van der Waals surface area contributed by atoms with Gasteiger partial charge in [-0.2, -0.15) is 0 Å². The number of hydrogen-bond acceptors (Lipinski definition) is 3. The number of ether oxygens (including phenoxy) is 2. The molecule has 0 aromatic carbocycles. The summed E-state index contributed by atoms with van der Waals surface area (Å²) in [7, 11) is 0. The van der Waals surface area contributed by atoms with Crippen LogP contribution in [0.25, 0.3) is 0 Å². The minimum atomic E-state index is -0.233. The van der Waals surface area contributed by atoms with Crippen molar-refractivity contribution in [2.45, 2.75) is 37.4 Å². The predicted octanol–water partition coefficient (Wildman–Crippen LogP) is 2.48. The lowest BCUT2D eigenvalue weighted by Crippen LogP contribution is -2.34. The molecule has 3 nitrogen and oxygen atoms in total. The van der Waals surface area contributed by atoms with Crippen LogP contribution >= 0.6 is 0 Å². The van der Waals surface area contributed by atoms with E-state index in [0.29, 0.717) is 5.92 Å². The van der Waals surface area contributed by atoms with Gasteiger partial charge in [-0.05, 0) is 36.5 Å². The van der Waals surface area contributed by atoms with Crippen molar-refractivity contribution >= 4 is 0 Å². The Labute approximate surface area is 95.8 Å². The maximum atomic E-state index is 5.73. The summed E-state index contributed by atoms with van der Waals surface area (Å²) in [5.74, 6) is 0.421. The van der Waals surface area contributed by atoms with Gasteiger partial charge in [0.15, 0.2) is 5.79 Å². The van der Waals surface area contributed by atoms with Crippen molar-refractivity contribution in [1.29, 1.82) is 0 Å². The van der Waals surface area contributed by atoms with Crippen molar-refractivity contribution in [3.05, 3.63) is 30.1 Å². The Morgan fingerprint density at radius 3 is 2.31 bits per heavy atom. The third-order valence-electron chi connectivity index (χ3n) is 3.74. The van der Waals surface area contributed by atoms with Crippen molar-refractivity contribution in [3.8, 4) is 0 Å². The Balaban J connectivity index is 1.66. The Morgan fingerprint density at radius 2 is 1.69 bits per heavy atom. The quantitative estimate of drug-likeness (QED) is 0.727. The second-order valence-electron chi connectivity index (χ2n) is 4.66. The average molecular weight is 219 g/mol. The van der Waals surface area contributed by atoms with Crippen LogP contribution in [0.15, 0.2) is 24.5 Å². The van der Waals surface area contributed by atoms with Crippen molar-refractivity contribution in [2.24, 2.45) is 0 Å². The fourth-order valence-corrected chi connectivity index (χ4v) is 2.81. The van der Waals surface area contributed by atoms with Crippen LogP contribution < -0.4 is 0 Å². The SMILES string of the molecule is c1cc(C2CCC3(CC2)OCCO3)ccn1. The molecule has 2 aliphatic rings. The molecule has 1 aromatic rings. The molecule has 0 unspecified atom stereocenters. The standard InChI is InChI=1S/C13H17NO2/c1-5-13(15-9-10-16-13)6-2-11(1)12-3-7-14-8-4-12/h3-4,7-8,11H,1-2,5-6,9-10H2. The lowest BCUT2D eigenvalue weighted by atomic mass is 9.81. The van der Waals surface area contributed by atoms with Crippen molar-refractivity contribution < 1.29 is 9.47 Å². The first-order chi connectivity index (χ1) is 7.88. The van der Waals surface area contributed by atoms with Gasteiger partial charge < -0.3 is 9.47 Å². The summed E-state index contributed by atoms with van der Waals surface area (Å²) in [5.41, 5.74) is 1.41. The van der Waals surface area contributed by atoms with Crippen LogP contribution in [-0.2, 0) is 9.47 Å². The number of aromatic nitrogens is 1. The molecule has 2 heterocycles. The van der Waals surface area contributed by atoms with E-state index in [2.05, 4.69) is 17.1 Å². The van der Waals surface area contributed by atoms with Crippen LogP contribution in [0.2, 0.25) is 0 Å². The highest BCUT2D eigenvalue weighted by Crippen LogP contribution is 2.41. The largest absolute Gasteiger partial charge is 0.348 e. The first kappa shape index (κ1) is 10.2. The van der Waals surface area contributed by atoms with Gasteiger partial charge in [0.25, 0.3) is 0 Å². The zero-order valence-corrected chi connectivity index (χ0v) is 9.39. The number of pyridine rings is 1. The smallest absolute Gasteiger partial charge is 0.168 e. The molecule has 86 valence electrons. The second-order valence-corrected chi connectivity index (χ2v) is 4.66. The lowest BCUT2D eigenvalue weighted by molar-refractivity contribution is -0.178. The predicted molar refractivity (Wildman–Crippen MR) is 60.1 cm³/mol. The van der Waals surface area contributed by atoms with Gasteiger partial charge in [-0.25, -0.2) is 0 Å². The van der Waals surface area contributed by atoms with Crippen LogP contribution in [0.5, 0.6) is 0 Å². The molecule has 0 atom stereocenters. The maximum absolute atomic E-state index is 5.73. The van der Waals surface area contributed by atoms with Gasteiger partial charge in [0.1, 0.15) is 0 Å². The summed E-state index contributed by atoms with van der Waals surface area (Å²) in [4.78, 5) is 4.06. The summed E-state index contributed by atoms with van der Waals surface area (Å²) < 4.78 is 11.5. The Kier molecular flexibility index (Phi) is 2.65. The Morgan fingerprint density at radius 1 is 1.06 bits per heavy atom. The minimum absolute atomic E-state index is 0.233. The molecule has 3 rings (SSSR count). The highest BCUT2D eigenvalue weighted by atomic mass is 16.7. The number of nitrogens with zero attached hydrogens (tertiary/aromatic N) is 1. The van der Waals surface area contributed by atoms with Crippen LogP contribution in [0, 0.1) is 0 Å². The molecule has 16 heavy (non-hydrogen) atoms. The molecule has 1 aromatic heterocycles. The van der Waals surface area contributed by atoms with E-state index in [1.807, 2.05) is 12.4 Å². The Hall–Kier alpha value is -0.930. The highest BCUT2D eigenvalue weighted by molar-refractivity contribution is 5.16. The highest BCUT2D eigenvalue weighted by Gasteiger charge is 2.40. The number of hydrogen-bond donors (Lipinski definition) is 0. The molecule has 0 amide bonds. The summed E-state index contributed by atoms with van der Waals surface area (Å²) in [5, 5.41) is 0. The molecular weight excluding hydrogens is 202 g/mol. The lowest BCUT2D eigenvalue weighted by Gasteiger charge is -2.35. The summed E-state index contributed by atoms with van der Waals surface area (Å²) >= 11 is 0. The third-order valence-corrected chi connectivity index (χ3v) is 3.74. The van der Waals surface area contributed by atoms with E-state index in [-0.39, 0.29) is 5.79 Å². The van der Waals surface area contributed by atoms with Crippen molar-refractivity contribution in [2.75, 3.05) is 13.2 Å². The van der Waals surface area contributed by atoms with Crippen molar-refractivity contribution in [3.63, 3.8) is 0 Å². The van der Waals surface area contributed by atoms with E-state index in [9.17, 15) is 0 Å². The van der Waals surface area contributed by atoms with E-state index in [1.165, 1.54) is 5.56 Å². The average Bonchev–Trinajstić information content (AvgIpc) is 2.80. The first-order valence-corrected chi connectivity index (χ1v) is 6.06. The maximum Gasteiger partial charge on any atom is 0.168 e. The van der Waals surface area contributed by atoms with Crippen molar-refractivity contribution in [1.82, 2.24) is 4.98 Å². The fraction of sp³-hybridized carbons (Fsp3) is 0.615. The van der Waals surface area contributed by atoms with E-state index in [0.717, 1.165) is 38.9 Å². The molecule has 1 saturated carbocycles. The minimum Gasteiger partial charge on any atom is -0.348 e. The molecular formula is C13H17NO2. The van der Waals surface area contributed by atoms with Gasteiger partial charge in [0, 0.05) is 25.2 Å². The van der Waals surface area contributed by atoms with Gasteiger partial charge in [0.05, 0.1) is 13.2 Å². The molecule has 1 aliphatic heterocycles. The van der Waals surface area contributed by atoms with E-state index in [4.69, 9.17) is 9.47 Å². The topological polar surface area (TPSA) is 31.4 Å². The van der Waals surface area contributed by atoms with Gasteiger partial charge in [0.2, 0.25) is 0 Å². The van der Waals surface area contributed by atoms with E-state index < -0.39 is 0 Å². The van der Waals surface area contributed by atoms with Crippen LogP contribution in [0.1, 0.15) is 37.2 Å². The van der Waals surface area contributed by atoms with E-state index >= 15 is 0 Å². The zero-order chi connectivity index (χ0) is 10.8. The number of rotatable bonds is 1. The van der Waals surface area contributed by atoms with Gasteiger partial charge >= 0.3 is 0 Å². The molecule has 0 N–H and O–H groups in total. The van der Waals surface area contributed by atoms with Gasteiger partial charge in [-0.1, -0.05) is 0 Å². The fourth-order valence-electron chi connectivity index (χ4n) is 2.81.